The van der Waals surface area contributed by atoms with Gasteiger partial charge in [0.2, 0.25) is 5.91 Å². The van der Waals surface area contributed by atoms with Crippen LogP contribution in [-0.2, 0) is 9.53 Å². The molecule has 5 heteroatoms. The van der Waals surface area contributed by atoms with Crippen molar-refractivity contribution in [2.75, 3.05) is 26.3 Å². The maximum absolute atomic E-state index is 12.3. The van der Waals surface area contributed by atoms with Crippen LogP contribution >= 0.6 is 0 Å². The van der Waals surface area contributed by atoms with Gasteiger partial charge in [-0.2, -0.15) is 0 Å². The van der Waals surface area contributed by atoms with Crippen molar-refractivity contribution < 1.29 is 9.53 Å². The number of morpholine rings is 1. The maximum Gasteiger partial charge on any atom is 0.239 e. The second-order valence-electron chi connectivity index (χ2n) is 4.83. The summed E-state index contributed by atoms with van der Waals surface area (Å²) in [6, 6.07) is 3.86. The summed E-state index contributed by atoms with van der Waals surface area (Å²) in [5.74, 6) is 0.143. The molecule has 0 bridgehead atoms. The quantitative estimate of drug-likeness (QED) is 0.880. The molecule has 1 aliphatic heterocycles. The third kappa shape index (κ3) is 3.75. The molecule has 0 aliphatic carbocycles. The van der Waals surface area contributed by atoms with Gasteiger partial charge >= 0.3 is 0 Å². The molecule has 1 aliphatic rings. The molecular formula is C14H21N3O2. The Kier molecular flexibility index (Phi) is 4.87. The van der Waals surface area contributed by atoms with Gasteiger partial charge in [-0.05, 0) is 31.5 Å². The number of carbonyl (C=O) groups is 1. The molecule has 0 radical (unpaired) electrons. The molecule has 2 heterocycles. The second kappa shape index (κ2) is 6.63. The zero-order chi connectivity index (χ0) is 13.7. The van der Waals surface area contributed by atoms with Crippen LogP contribution in [-0.4, -0.2) is 48.1 Å². The molecule has 0 spiro atoms. The highest BCUT2D eigenvalue weighted by Gasteiger charge is 2.23. The monoisotopic (exact) mass is 263 g/mol. The molecule has 1 fully saturated rings. The lowest BCUT2D eigenvalue weighted by Crippen LogP contribution is -2.49. The fourth-order valence-electron chi connectivity index (χ4n) is 2.25. The van der Waals surface area contributed by atoms with Crippen LogP contribution in [0.25, 0.3) is 0 Å². The number of hydrogen-bond donors (Lipinski definition) is 1. The highest BCUT2D eigenvalue weighted by atomic mass is 16.5. The minimum Gasteiger partial charge on any atom is -0.378 e. The van der Waals surface area contributed by atoms with Crippen molar-refractivity contribution in [1.29, 1.82) is 0 Å². The molecule has 2 unspecified atom stereocenters. The van der Waals surface area contributed by atoms with Gasteiger partial charge in [-0.3, -0.25) is 15.1 Å². The topological polar surface area (TPSA) is 54.5 Å². The molecule has 0 aromatic carbocycles. The zero-order valence-corrected chi connectivity index (χ0v) is 11.5. The summed E-state index contributed by atoms with van der Waals surface area (Å²) in [5, 5.41) is 3.33. The fraction of sp³-hybridized carbons (Fsp3) is 0.571. The molecule has 1 aromatic heterocycles. The summed E-state index contributed by atoms with van der Waals surface area (Å²) < 4.78 is 5.26. The number of amides is 1. The van der Waals surface area contributed by atoms with Crippen LogP contribution in [0.1, 0.15) is 25.5 Å². The highest BCUT2D eigenvalue weighted by molar-refractivity contribution is 5.81. The van der Waals surface area contributed by atoms with E-state index < -0.39 is 0 Å². The Morgan fingerprint density at radius 2 is 1.95 bits per heavy atom. The molecule has 2 atom stereocenters. The van der Waals surface area contributed by atoms with Crippen molar-refractivity contribution in [3.05, 3.63) is 30.1 Å². The number of nitrogens with one attached hydrogen (secondary N) is 1. The minimum absolute atomic E-state index is 0.128. The Hall–Kier alpha value is -1.46. The minimum atomic E-state index is -0.193. The summed E-state index contributed by atoms with van der Waals surface area (Å²) in [5.41, 5.74) is 1.14. The van der Waals surface area contributed by atoms with Crippen molar-refractivity contribution >= 4 is 5.91 Å². The fourth-order valence-corrected chi connectivity index (χ4v) is 2.25. The van der Waals surface area contributed by atoms with Crippen LogP contribution in [0.5, 0.6) is 0 Å². The third-order valence-electron chi connectivity index (χ3n) is 3.40. The lowest BCUT2D eigenvalue weighted by Gasteiger charge is -2.30. The Bertz CT molecular complexity index is 404. The predicted octanol–water partition coefficient (Wildman–Crippen LogP) is 0.979. The van der Waals surface area contributed by atoms with Gasteiger partial charge < -0.3 is 9.64 Å². The molecule has 0 saturated carbocycles. The predicted molar refractivity (Wildman–Crippen MR) is 72.6 cm³/mol. The van der Waals surface area contributed by atoms with Crippen LogP contribution < -0.4 is 5.32 Å². The van der Waals surface area contributed by atoms with Crippen molar-refractivity contribution in [2.45, 2.75) is 25.9 Å². The molecule has 19 heavy (non-hydrogen) atoms. The lowest BCUT2D eigenvalue weighted by molar-refractivity contribution is -0.137. The van der Waals surface area contributed by atoms with E-state index in [9.17, 15) is 4.79 Å². The van der Waals surface area contributed by atoms with Gasteiger partial charge in [0.25, 0.3) is 0 Å². The SMILES string of the molecule is CC(NC(C)c1ccncc1)C(=O)N1CCOCC1. The summed E-state index contributed by atoms with van der Waals surface area (Å²) in [6.45, 7) is 6.62. The highest BCUT2D eigenvalue weighted by Crippen LogP contribution is 2.12. The third-order valence-corrected chi connectivity index (χ3v) is 3.40. The van der Waals surface area contributed by atoms with E-state index in [0.29, 0.717) is 26.3 Å². The van der Waals surface area contributed by atoms with Gasteiger partial charge in [0.05, 0.1) is 19.3 Å². The zero-order valence-electron chi connectivity index (χ0n) is 11.5. The number of aromatic nitrogens is 1. The van der Waals surface area contributed by atoms with Crippen LogP contribution in [0.3, 0.4) is 0 Å². The van der Waals surface area contributed by atoms with Gasteiger partial charge in [0, 0.05) is 31.5 Å². The van der Waals surface area contributed by atoms with Crippen molar-refractivity contribution in [2.24, 2.45) is 0 Å². The number of hydrogen-bond acceptors (Lipinski definition) is 4. The van der Waals surface area contributed by atoms with Crippen LogP contribution in [0, 0.1) is 0 Å². The van der Waals surface area contributed by atoms with E-state index >= 15 is 0 Å². The second-order valence-corrected chi connectivity index (χ2v) is 4.83. The van der Waals surface area contributed by atoms with E-state index in [0.717, 1.165) is 5.56 Å². The molecule has 1 amide bonds. The summed E-state index contributed by atoms with van der Waals surface area (Å²) in [4.78, 5) is 18.1. The average Bonchev–Trinajstić information content (AvgIpc) is 2.48. The summed E-state index contributed by atoms with van der Waals surface area (Å²) in [7, 11) is 0. The van der Waals surface area contributed by atoms with Gasteiger partial charge in [0.15, 0.2) is 0 Å². The smallest absolute Gasteiger partial charge is 0.239 e. The Morgan fingerprint density at radius 3 is 2.58 bits per heavy atom. The van der Waals surface area contributed by atoms with E-state index in [4.69, 9.17) is 4.74 Å². The van der Waals surface area contributed by atoms with Crippen molar-refractivity contribution in [3.8, 4) is 0 Å². The van der Waals surface area contributed by atoms with Crippen LogP contribution in [0.15, 0.2) is 24.5 Å². The first kappa shape index (κ1) is 14.0. The standard InChI is InChI=1S/C14H21N3O2/c1-11(13-3-5-15-6-4-13)16-12(2)14(18)17-7-9-19-10-8-17/h3-6,11-12,16H,7-10H2,1-2H3. The van der Waals surface area contributed by atoms with E-state index in [1.807, 2.05) is 24.0 Å². The van der Waals surface area contributed by atoms with E-state index in [1.54, 1.807) is 12.4 Å². The molecule has 104 valence electrons. The van der Waals surface area contributed by atoms with Gasteiger partial charge in [-0.1, -0.05) is 0 Å². The molecular weight excluding hydrogens is 242 g/mol. The first-order valence-corrected chi connectivity index (χ1v) is 6.71. The largest absolute Gasteiger partial charge is 0.378 e. The molecule has 5 nitrogen and oxygen atoms in total. The number of rotatable bonds is 4. The first-order valence-electron chi connectivity index (χ1n) is 6.71. The molecule has 1 N–H and O–H groups in total. The Labute approximate surface area is 114 Å². The number of ether oxygens (including phenoxy) is 1. The van der Waals surface area contributed by atoms with Crippen molar-refractivity contribution in [3.63, 3.8) is 0 Å². The normalized spacial score (nSPS) is 18.9. The van der Waals surface area contributed by atoms with Crippen LogP contribution in [0.4, 0.5) is 0 Å². The summed E-state index contributed by atoms with van der Waals surface area (Å²) >= 11 is 0. The maximum atomic E-state index is 12.3. The van der Waals surface area contributed by atoms with E-state index in [1.165, 1.54) is 0 Å². The first-order chi connectivity index (χ1) is 9.18. The van der Waals surface area contributed by atoms with Gasteiger partial charge in [0.1, 0.15) is 0 Å². The van der Waals surface area contributed by atoms with Gasteiger partial charge in [-0.15, -0.1) is 0 Å². The number of nitrogens with zero attached hydrogens (tertiary/aromatic N) is 2. The number of carbonyl (C=O) groups excluding carboxylic acids is 1. The van der Waals surface area contributed by atoms with E-state index in [2.05, 4.69) is 17.2 Å². The van der Waals surface area contributed by atoms with Gasteiger partial charge in [-0.25, -0.2) is 0 Å². The average molecular weight is 263 g/mol. The Morgan fingerprint density at radius 1 is 1.32 bits per heavy atom. The molecule has 2 rings (SSSR count). The summed E-state index contributed by atoms with van der Waals surface area (Å²) in [6.07, 6.45) is 3.53. The van der Waals surface area contributed by atoms with Crippen LogP contribution in [0.2, 0.25) is 0 Å². The molecule has 1 saturated heterocycles. The lowest BCUT2D eigenvalue weighted by atomic mass is 10.1. The van der Waals surface area contributed by atoms with Crippen molar-refractivity contribution in [1.82, 2.24) is 15.2 Å². The Balaban J connectivity index is 1.89. The molecule has 1 aromatic rings. The van der Waals surface area contributed by atoms with E-state index in [-0.39, 0.29) is 18.0 Å². The number of pyridine rings is 1.